The summed E-state index contributed by atoms with van der Waals surface area (Å²) in [5.74, 6) is -0.229. The average molecular weight is 279 g/mol. The van der Waals surface area contributed by atoms with Gasteiger partial charge in [-0.25, -0.2) is 0 Å². The molecule has 2 heterocycles. The zero-order valence-electron chi connectivity index (χ0n) is 12.1. The first kappa shape index (κ1) is 14.6. The molecular formula is C14H21N3O3. The first-order valence-electron chi connectivity index (χ1n) is 6.69. The van der Waals surface area contributed by atoms with Gasteiger partial charge in [-0.15, -0.1) is 0 Å². The van der Waals surface area contributed by atoms with E-state index in [1.807, 2.05) is 19.3 Å². The number of carbonyl (C=O) groups excluding carboxylic acids is 2. The number of amides is 2. The van der Waals surface area contributed by atoms with E-state index in [0.29, 0.717) is 25.4 Å². The molecule has 0 unspecified atom stereocenters. The van der Waals surface area contributed by atoms with Gasteiger partial charge in [-0.05, 0) is 12.1 Å². The second-order valence-electron chi connectivity index (χ2n) is 5.15. The Hall–Kier alpha value is -1.82. The molecular weight excluding hydrogens is 258 g/mol. The van der Waals surface area contributed by atoms with Crippen molar-refractivity contribution in [3.63, 3.8) is 0 Å². The molecule has 20 heavy (non-hydrogen) atoms. The summed E-state index contributed by atoms with van der Waals surface area (Å²) in [6.07, 6.45) is 1.84. The molecule has 6 heteroatoms. The minimum Gasteiger partial charge on any atom is -0.384 e. The molecule has 6 nitrogen and oxygen atoms in total. The molecule has 1 N–H and O–H groups in total. The van der Waals surface area contributed by atoms with Crippen molar-refractivity contribution < 1.29 is 14.3 Å². The van der Waals surface area contributed by atoms with E-state index in [9.17, 15) is 9.59 Å². The summed E-state index contributed by atoms with van der Waals surface area (Å²) >= 11 is 0. The van der Waals surface area contributed by atoms with Crippen molar-refractivity contribution in [1.29, 1.82) is 0 Å². The van der Waals surface area contributed by atoms with E-state index in [2.05, 4.69) is 5.32 Å². The SMILES string of the molecule is CNC(=O)[C@@H]1CN(C(=O)c2cccn2C)C[C@H]1COC. The molecule has 2 rings (SSSR count). The molecule has 0 aromatic carbocycles. The number of carbonyl (C=O) groups is 2. The Kier molecular flexibility index (Phi) is 4.44. The Morgan fingerprint density at radius 2 is 2.20 bits per heavy atom. The zero-order chi connectivity index (χ0) is 14.7. The van der Waals surface area contributed by atoms with E-state index in [1.165, 1.54) is 0 Å². The lowest BCUT2D eigenvalue weighted by Crippen LogP contribution is -2.34. The molecule has 2 amide bonds. The maximum Gasteiger partial charge on any atom is 0.270 e. The van der Waals surface area contributed by atoms with Gasteiger partial charge < -0.3 is 19.5 Å². The Balaban J connectivity index is 2.13. The maximum atomic E-state index is 12.5. The van der Waals surface area contributed by atoms with Crippen molar-refractivity contribution >= 4 is 11.8 Å². The standard InChI is InChI=1S/C14H21N3O3/c1-15-13(18)11-8-17(7-10(11)9-20-3)14(19)12-5-4-6-16(12)2/h4-6,10-11H,7-9H2,1-3H3,(H,15,18)/t10-,11+/m0/s1. The summed E-state index contributed by atoms with van der Waals surface area (Å²) in [6.45, 7) is 1.47. The number of nitrogens with one attached hydrogen (secondary N) is 1. The highest BCUT2D eigenvalue weighted by Gasteiger charge is 2.39. The van der Waals surface area contributed by atoms with Gasteiger partial charge in [-0.2, -0.15) is 0 Å². The monoisotopic (exact) mass is 279 g/mol. The normalized spacial score (nSPS) is 22.1. The number of ether oxygens (including phenoxy) is 1. The van der Waals surface area contributed by atoms with Crippen molar-refractivity contribution in [2.45, 2.75) is 0 Å². The summed E-state index contributed by atoms with van der Waals surface area (Å²) in [6, 6.07) is 3.63. The Labute approximate surface area is 118 Å². The maximum absolute atomic E-state index is 12.5. The molecule has 110 valence electrons. The van der Waals surface area contributed by atoms with Gasteiger partial charge in [0.2, 0.25) is 5.91 Å². The molecule has 1 aromatic rings. The van der Waals surface area contributed by atoms with Gasteiger partial charge in [0.05, 0.1) is 12.5 Å². The number of aromatic nitrogens is 1. The van der Waals surface area contributed by atoms with Crippen LogP contribution in [0.15, 0.2) is 18.3 Å². The van der Waals surface area contributed by atoms with Gasteiger partial charge in [0.15, 0.2) is 0 Å². The van der Waals surface area contributed by atoms with Crippen LogP contribution in [0, 0.1) is 11.8 Å². The molecule has 1 aromatic heterocycles. The molecule has 1 aliphatic heterocycles. The molecule has 0 bridgehead atoms. The predicted octanol–water partition coefficient (Wildman–Crippen LogP) is 0.106. The van der Waals surface area contributed by atoms with Crippen LogP contribution in [0.5, 0.6) is 0 Å². The number of likely N-dealkylation sites (tertiary alicyclic amines) is 1. The number of hydrogen-bond donors (Lipinski definition) is 1. The fraction of sp³-hybridized carbons (Fsp3) is 0.571. The van der Waals surface area contributed by atoms with Crippen LogP contribution in [0.1, 0.15) is 10.5 Å². The first-order valence-corrected chi connectivity index (χ1v) is 6.69. The van der Waals surface area contributed by atoms with E-state index in [-0.39, 0.29) is 23.7 Å². The third kappa shape index (κ3) is 2.70. The summed E-state index contributed by atoms with van der Waals surface area (Å²) in [4.78, 5) is 26.1. The van der Waals surface area contributed by atoms with Crippen molar-refractivity contribution in [3.05, 3.63) is 24.0 Å². The largest absolute Gasteiger partial charge is 0.384 e. The second-order valence-corrected chi connectivity index (χ2v) is 5.15. The van der Waals surface area contributed by atoms with Gasteiger partial charge >= 0.3 is 0 Å². The minimum absolute atomic E-state index is 0.0331. The van der Waals surface area contributed by atoms with Crippen LogP contribution in [0.25, 0.3) is 0 Å². The van der Waals surface area contributed by atoms with Crippen LogP contribution in [-0.2, 0) is 16.6 Å². The van der Waals surface area contributed by atoms with Crippen molar-refractivity contribution in [2.24, 2.45) is 18.9 Å². The van der Waals surface area contributed by atoms with Crippen LogP contribution in [0.4, 0.5) is 0 Å². The highest BCUT2D eigenvalue weighted by Crippen LogP contribution is 2.25. The van der Waals surface area contributed by atoms with Crippen LogP contribution in [0.2, 0.25) is 0 Å². The lowest BCUT2D eigenvalue weighted by Gasteiger charge is -2.16. The smallest absolute Gasteiger partial charge is 0.270 e. The van der Waals surface area contributed by atoms with E-state index in [0.717, 1.165) is 0 Å². The molecule has 1 fully saturated rings. The van der Waals surface area contributed by atoms with Crippen LogP contribution in [-0.4, -0.2) is 55.1 Å². The van der Waals surface area contributed by atoms with Gasteiger partial charge in [0.25, 0.3) is 5.91 Å². The third-order valence-corrected chi connectivity index (χ3v) is 3.86. The van der Waals surface area contributed by atoms with Gasteiger partial charge in [-0.1, -0.05) is 0 Å². The lowest BCUT2D eigenvalue weighted by atomic mass is 9.96. The summed E-state index contributed by atoms with van der Waals surface area (Å²) < 4.78 is 6.96. The lowest BCUT2D eigenvalue weighted by molar-refractivity contribution is -0.125. The zero-order valence-corrected chi connectivity index (χ0v) is 12.1. The van der Waals surface area contributed by atoms with Crippen LogP contribution >= 0.6 is 0 Å². The summed E-state index contributed by atoms with van der Waals surface area (Å²) in [7, 11) is 5.07. The number of aryl methyl sites for hydroxylation is 1. The Bertz CT molecular complexity index is 498. The number of rotatable bonds is 4. The Morgan fingerprint density at radius 3 is 2.75 bits per heavy atom. The number of nitrogens with zero attached hydrogens (tertiary/aromatic N) is 2. The molecule has 0 aliphatic carbocycles. The molecule has 0 radical (unpaired) electrons. The molecule has 0 saturated carbocycles. The quantitative estimate of drug-likeness (QED) is 0.850. The summed E-state index contributed by atoms with van der Waals surface area (Å²) in [5.41, 5.74) is 0.638. The second kappa shape index (κ2) is 6.09. The number of hydrogen-bond acceptors (Lipinski definition) is 3. The average Bonchev–Trinajstić information content (AvgIpc) is 3.04. The van der Waals surface area contributed by atoms with Crippen LogP contribution in [0.3, 0.4) is 0 Å². The van der Waals surface area contributed by atoms with E-state index in [1.54, 1.807) is 29.7 Å². The highest BCUT2D eigenvalue weighted by molar-refractivity contribution is 5.93. The molecule has 1 saturated heterocycles. The number of methoxy groups -OCH3 is 1. The van der Waals surface area contributed by atoms with Crippen molar-refractivity contribution in [2.75, 3.05) is 33.9 Å². The van der Waals surface area contributed by atoms with Gasteiger partial charge in [0, 0.05) is 46.4 Å². The molecule has 1 aliphatic rings. The fourth-order valence-electron chi connectivity index (χ4n) is 2.75. The fourth-order valence-corrected chi connectivity index (χ4v) is 2.75. The highest BCUT2D eigenvalue weighted by atomic mass is 16.5. The topological polar surface area (TPSA) is 63.6 Å². The van der Waals surface area contributed by atoms with E-state index in [4.69, 9.17) is 4.74 Å². The van der Waals surface area contributed by atoms with E-state index >= 15 is 0 Å². The van der Waals surface area contributed by atoms with Crippen molar-refractivity contribution in [3.8, 4) is 0 Å². The third-order valence-electron chi connectivity index (χ3n) is 3.86. The van der Waals surface area contributed by atoms with Gasteiger partial charge in [-0.3, -0.25) is 9.59 Å². The Morgan fingerprint density at radius 1 is 1.45 bits per heavy atom. The van der Waals surface area contributed by atoms with Crippen molar-refractivity contribution in [1.82, 2.24) is 14.8 Å². The van der Waals surface area contributed by atoms with Gasteiger partial charge in [0.1, 0.15) is 5.69 Å². The summed E-state index contributed by atoms with van der Waals surface area (Å²) in [5, 5.41) is 2.66. The first-order chi connectivity index (χ1) is 9.58. The molecule has 0 spiro atoms. The predicted molar refractivity (Wildman–Crippen MR) is 74.2 cm³/mol. The van der Waals surface area contributed by atoms with E-state index < -0.39 is 0 Å². The minimum atomic E-state index is -0.204. The molecule has 2 atom stereocenters. The van der Waals surface area contributed by atoms with Crippen LogP contribution < -0.4 is 5.32 Å².